The van der Waals surface area contributed by atoms with E-state index in [9.17, 15) is 0 Å². The fraction of sp³-hybridized carbons (Fsp3) is 0.667. The summed E-state index contributed by atoms with van der Waals surface area (Å²) in [4.78, 5) is 0. The molecule has 0 unspecified atom stereocenters. The molecule has 1 aromatic rings. The van der Waals surface area contributed by atoms with Crippen LogP contribution < -0.4 is 10.6 Å². The minimum atomic E-state index is 1.07. The van der Waals surface area contributed by atoms with Gasteiger partial charge in [-0.2, -0.15) is 5.10 Å². The Morgan fingerprint density at radius 1 is 1.23 bits per heavy atom. The molecule has 0 spiro atoms. The van der Waals surface area contributed by atoms with Crippen LogP contribution in [0.3, 0.4) is 0 Å². The second-order valence-electron chi connectivity index (χ2n) is 3.13. The zero-order valence-corrected chi connectivity index (χ0v) is 8.38. The zero-order valence-electron chi connectivity index (χ0n) is 8.38. The number of nitrogens with zero attached hydrogens (tertiary/aromatic N) is 2. The number of nitrogens with one attached hydrogen (secondary N) is 2. The molecule has 0 amide bonds. The van der Waals surface area contributed by atoms with Crippen molar-refractivity contribution in [2.75, 3.05) is 26.2 Å². The van der Waals surface area contributed by atoms with E-state index in [0.29, 0.717) is 0 Å². The van der Waals surface area contributed by atoms with Crippen LogP contribution in [-0.4, -0.2) is 36.0 Å². The summed E-state index contributed by atoms with van der Waals surface area (Å²) >= 11 is 0. The van der Waals surface area contributed by atoms with Gasteiger partial charge in [-0.1, -0.05) is 0 Å². The largest absolute Gasteiger partial charge is 0.314 e. The lowest BCUT2D eigenvalue weighted by molar-refractivity contribution is 0.534. The van der Waals surface area contributed by atoms with Crippen LogP contribution in [0.25, 0.3) is 0 Å². The van der Waals surface area contributed by atoms with Crippen molar-refractivity contribution in [2.24, 2.45) is 7.05 Å². The Morgan fingerprint density at radius 2 is 1.77 bits per heavy atom. The van der Waals surface area contributed by atoms with Gasteiger partial charge in [0, 0.05) is 39.4 Å². The number of piperazine rings is 1. The second-order valence-corrected chi connectivity index (χ2v) is 3.13. The third-order valence-electron chi connectivity index (χ3n) is 1.80. The molecule has 1 aromatic heterocycles. The van der Waals surface area contributed by atoms with Crippen molar-refractivity contribution in [3.05, 3.63) is 18.0 Å². The molecule has 0 aliphatic carbocycles. The lowest BCUT2D eigenvalue weighted by Gasteiger charge is -2.11. The summed E-state index contributed by atoms with van der Waals surface area (Å²) in [5, 5.41) is 10.5. The van der Waals surface area contributed by atoms with Crippen molar-refractivity contribution in [3.8, 4) is 0 Å². The lowest BCUT2D eigenvalue weighted by Crippen LogP contribution is -2.39. The topological polar surface area (TPSA) is 41.9 Å². The number of hydrogen-bond donors (Lipinski definition) is 2. The number of aromatic nitrogens is 2. The van der Waals surface area contributed by atoms with E-state index in [2.05, 4.69) is 15.7 Å². The maximum atomic E-state index is 4.03. The standard InChI is InChI=1S/C5H8N2.C4H10N2/c1-5-3-4-7(2)6-5;1-2-6-4-3-5-1/h3-4H,1-2H3;5-6H,1-4H2. The molecular formula is C9H18N4. The van der Waals surface area contributed by atoms with Gasteiger partial charge >= 0.3 is 0 Å². The highest BCUT2D eigenvalue weighted by Gasteiger charge is 1.91. The van der Waals surface area contributed by atoms with Gasteiger partial charge in [-0.25, -0.2) is 0 Å². The van der Waals surface area contributed by atoms with Gasteiger partial charge in [-0.05, 0) is 13.0 Å². The molecule has 2 rings (SSSR count). The summed E-state index contributed by atoms with van der Waals surface area (Å²) < 4.78 is 1.79. The van der Waals surface area contributed by atoms with E-state index in [-0.39, 0.29) is 0 Å². The van der Waals surface area contributed by atoms with Crippen LogP contribution in [0.2, 0.25) is 0 Å². The molecule has 0 radical (unpaired) electrons. The predicted octanol–water partition coefficient (Wildman–Crippen LogP) is -0.0923. The maximum Gasteiger partial charge on any atom is 0.0593 e. The summed E-state index contributed by atoms with van der Waals surface area (Å²) in [7, 11) is 1.91. The smallest absolute Gasteiger partial charge is 0.0593 e. The monoisotopic (exact) mass is 182 g/mol. The van der Waals surface area contributed by atoms with Gasteiger partial charge in [0.05, 0.1) is 5.69 Å². The predicted molar refractivity (Wildman–Crippen MR) is 53.7 cm³/mol. The highest BCUT2D eigenvalue weighted by molar-refractivity contribution is 4.93. The fourth-order valence-electron chi connectivity index (χ4n) is 1.13. The van der Waals surface area contributed by atoms with Gasteiger partial charge in [0.1, 0.15) is 0 Å². The van der Waals surface area contributed by atoms with E-state index in [1.807, 2.05) is 26.2 Å². The first-order valence-electron chi connectivity index (χ1n) is 4.67. The molecule has 1 aliphatic heterocycles. The van der Waals surface area contributed by atoms with Crippen LogP contribution in [-0.2, 0) is 7.05 Å². The summed E-state index contributed by atoms with van der Waals surface area (Å²) in [6.07, 6.45) is 1.93. The Balaban J connectivity index is 0.000000132. The van der Waals surface area contributed by atoms with Gasteiger partial charge in [0.15, 0.2) is 0 Å². The van der Waals surface area contributed by atoms with Crippen molar-refractivity contribution in [3.63, 3.8) is 0 Å². The SMILES string of the molecule is C1CNCCN1.Cc1ccn(C)n1. The molecule has 1 aliphatic rings. The molecule has 4 heteroatoms. The highest BCUT2D eigenvalue weighted by Crippen LogP contribution is 1.86. The number of aryl methyl sites for hydroxylation is 2. The average Bonchev–Trinajstić information content (AvgIpc) is 2.54. The van der Waals surface area contributed by atoms with Crippen LogP contribution >= 0.6 is 0 Å². The quantitative estimate of drug-likeness (QED) is 0.589. The van der Waals surface area contributed by atoms with E-state index in [1.54, 1.807) is 4.68 Å². The zero-order chi connectivity index (χ0) is 9.52. The first kappa shape index (κ1) is 10.2. The Bertz CT molecular complexity index is 199. The van der Waals surface area contributed by atoms with Crippen molar-refractivity contribution >= 4 is 0 Å². The summed E-state index contributed by atoms with van der Waals surface area (Å²) in [5.74, 6) is 0. The summed E-state index contributed by atoms with van der Waals surface area (Å²) in [5.41, 5.74) is 1.07. The molecule has 1 fully saturated rings. The Hall–Kier alpha value is -0.870. The van der Waals surface area contributed by atoms with Crippen molar-refractivity contribution in [2.45, 2.75) is 6.92 Å². The minimum Gasteiger partial charge on any atom is -0.314 e. The van der Waals surface area contributed by atoms with Crippen molar-refractivity contribution in [1.82, 2.24) is 20.4 Å². The van der Waals surface area contributed by atoms with E-state index >= 15 is 0 Å². The first-order valence-corrected chi connectivity index (χ1v) is 4.67. The van der Waals surface area contributed by atoms with Gasteiger partial charge in [-0.15, -0.1) is 0 Å². The van der Waals surface area contributed by atoms with Gasteiger partial charge in [-0.3, -0.25) is 4.68 Å². The number of rotatable bonds is 0. The van der Waals surface area contributed by atoms with Gasteiger partial charge in [0.25, 0.3) is 0 Å². The van der Waals surface area contributed by atoms with E-state index in [4.69, 9.17) is 0 Å². The molecule has 2 heterocycles. The van der Waals surface area contributed by atoms with E-state index in [1.165, 1.54) is 0 Å². The normalized spacial score (nSPS) is 16.2. The lowest BCUT2D eigenvalue weighted by atomic mass is 10.4. The van der Waals surface area contributed by atoms with Crippen molar-refractivity contribution < 1.29 is 0 Å². The molecule has 0 atom stereocenters. The highest BCUT2D eigenvalue weighted by atomic mass is 15.2. The third kappa shape index (κ3) is 4.65. The van der Waals surface area contributed by atoms with E-state index in [0.717, 1.165) is 31.9 Å². The Kier molecular flexibility index (Phi) is 4.49. The first-order chi connectivity index (χ1) is 6.29. The molecule has 0 aromatic carbocycles. The van der Waals surface area contributed by atoms with Crippen molar-refractivity contribution in [1.29, 1.82) is 0 Å². The third-order valence-corrected chi connectivity index (χ3v) is 1.80. The maximum absolute atomic E-state index is 4.03. The molecule has 0 saturated carbocycles. The molecule has 0 bridgehead atoms. The van der Waals surface area contributed by atoms with Crippen LogP contribution in [0.4, 0.5) is 0 Å². The summed E-state index contributed by atoms with van der Waals surface area (Å²) in [6.45, 7) is 6.53. The summed E-state index contributed by atoms with van der Waals surface area (Å²) in [6, 6.07) is 1.97. The van der Waals surface area contributed by atoms with Gasteiger partial charge in [0.2, 0.25) is 0 Å². The minimum absolute atomic E-state index is 1.07. The number of hydrogen-bond acceptors (Lipinski definition) is 3. The Labute approximate surface area is 79.3 Å². The fourth-order valence-corrected chi connectivity index (χ4v) is 1.13. The van der Waals surface area contributed by atoms with Gasteiger partial charge < -0.3 is 10.6 Å². The van der Waals surface area contributed by atoms with Crippen LogP contribution in [0.15, 0.2) is 12.3 Å². The average molecular weight is 182 g/mol. The molecule has 1 saturated heterocycles. The second kappa shape index (κ2) is 5.72. The van der Waals surface area contributed by atoms with Crippen LogP contribution in [0, 0.1) is 6.92 Å². The molecule has 13 heavy (non-hydrogen) atoms. The molecular weight excluding hydrogens is 164 g/mol. The molecule has 4 nitrogen and oxygen atoms in total. The van der Waals surface area contributed by atoms with Crippen LogP contribution in [0.5, 0.6) is 0 Å². The van der Waals surface area contributed by atoms with Crippen LogP contribution in [0.1, 0.15) is 5.69 Å². The van der Waals surface area contributed by atoms with E-state index < -0.39 is 0 Å². The molecule has 74 valence electrons. The Morgan fingerprint density at radius 3 is 1.92 bits per heavy atom. The molecule has 2 N–H and O–H groups in total.